The number of rotatable bonds is 4. The standard InChI is InChI=1S/C15H16N2O/c1-11(18)13-4-8-15(9-5-13)17-14-6-2-12(10-16)3-7-14/h2-9,17H,10,16H2,1H3. The van der Waals surface area contributed by atoms with Crippen LogP contribution in [0, 0.1) is 0 Å². The second kappa shape index (κ2) is 5.47. The van der Waals surface area contributed by atoms with Gasteiger partial charge in [-0.1, -0.05) is 12.1 Å². The van der Waals surface area contributed by atoms with Gasteiger partial charge in [0.1, 0.15) is 0 Å². The number of nitrogens with one attached hydrogen (secondary N) is 1. The Morgan fingerprint density at radius 3 is 1.94 bits per heavy atom. The molecule has 3 nitrogen and oxygen atoms in total. The van der Waals surface area contributed by atoms with E-state index in [-0.39, 0.29) is 5.78 Å². The van der Waals surface area contributed by atoms with E-state index in [0.717, 1.165) is 22.5 Å². The van der Waals surface area contributed by atoms with Crippen LogP contribution in [-0.4, -0.2) is 5.78 Å². The first-order valence-corrected chi connectivity index (χ1v) is 5.86. The highest BCUT2D eigenvalue weighted by molar-refractivity contribution is 5.94. The molecule has 0 aliphatic carbocycles. The fraction of sp³-hybridized carbons (Fsp3) is 0.133. The molecule has 3 N–H and O–H groups in total. The van der Waals surface area contributed by atoms with Crippen LogP contribution in [0.5, 0.6) is 0 Å². The van der Waals surface area contributed by atoms with Crippen molar-refractivity contribution in [3.8, 4) is 0 Å². The van der Waals surface area contributed by atoms with Crippen LogP contribution >= 0.6 is 0 Å². The van der Waals surface area contributed by atoms with Crippen LogP contribution in [0.3, 0.4) is 0 Å². The molecule has 0 atom stereocenters. The van der Waals surface area contributed by atoms with E-state index in [2.05, 4.69) is 5.32 Å². The lowest BCUT2D eigenvalue weighted by atomic mass is 10.1. The highest BCUT2D eigenvalue weighted by atomic mass is 16.1. The molecule has 0 saturated carbocycles. The highest BCUT2D eigenvalue weighted by Gasteiger charge is 1.99. The van der Waals surface area contributed by atoms with Crippen LogP contribution in [0.25, 0.3) is 0 Å². The van der Waals surface area contributed by atoms with Gasteiger partial charge in [0.25, 0.3) is 0 Å². The van der Waals surface area contributed by atoms with E-state index in [1.54, 1.807) is 6.92 Å². The third-order valence-corrected chi connectivity index (χ3v) is 2.77. The summed E-state index contributed by atoms with van der Waals surface area (Å²) in [4.78, 5) is 11.2. The average molecular weight is 240 g/mol. The van der Waals surface area contributed by atoms with Crippen molar-refractivity contribution >= 4 is 17.2 Å². The predicted molar refractivity (Wildman–Crippen MR) is 74.1 cm³/mol. The Morgan fingerprint density at radius 2 is 1.50 bits per heavy atom. The smallest absolute Gasteiger partial charge is 0.159 e. The normalized spacial score (nSPS) is 10.1. The highest BCUT2D eigenvalue weighted by Crippen LogP contribution is 2.17. The molecule has 0 fully saturated rings. The van der Waals surface area contributed by atoms with Crippen LogP contribution in [0.1, 0.15) is 22.8 Å². The molecule has 18 heavy (non-hydrogen) atoms. The Morgan fingerprint density at radius 1 is 1.00 bits per heavy atom. The number of benzene rings is 2. The van der Waals surface area contributed by atoms with Gasteiger partial charge in [-0.2, -0.15) is 0 Å². The molecule has 0 saturated heterocycles. The minimum absolute atomic E-state index is 0.0776. The number of ketones is 1. The molecule has 2 rings (SSSR count). The molecule has 0 aliphatic rings. The number of carbonyl (C=O) groups is 1. The minimum atomic E-state index is 0.0776. The summed E-state index contributed by atoms with van der Waals surface area (Å²) < 4.78 is 0. The lowest BCUT2D eigenvalue weighted by Gasteiger charge is -2.07. The van der Waals surface area contributed by atoms with Crippen LogP contribution in [0.2, 0.25) is 0 Å². The molecule has 0 heterocycles. The van der Waals surface area contributed by atoms with Gasteiger partial charge in [0.05, 0.1) is 0 Å². The van der Waals surface area contributed by atoms with Crippen LogP contribution in [0.15, 0.2) is 48.5 Å². The van der Waals surface area contributed by atoms with Gasteiger partial charge in [-0.15, -0.1) is 0 Å². The summed E-state index contributed by atoms with van der Waals surface area (Å²) >= 11 is 0. The Labute approximate surface area is 107 Å². The third kappa shape index (κ3) is 2.96. The zero-order chi connectivity index (χ0) is 13.0. The summed E-state index contributed by atoms with van der Waals surface area (Å²) in [6.07, 6.45) is 0. The number of carbonyl (C=O) groups excluding carboxylic acids is 1. The van der Waals surface area contributed by atoms with Crippen molar-refractivity contribution in [3.05, 3.63) is 59.7 Å². The first kappa shape index (κ1) is 12.3. The van der Waals surface area contributed by atoms with Gasteiger partial charge in [-0.05, 0) is 48.9 Å². The molecule has 3 heteroatoms. The second-order valence-electron chi connectivity index (χ2n) is 4.16. The van der Waals surface area contributed by atoms with Crippen molar-refractivity contribution in [2.24, 2.45) is 5.73 Å². The largest absolute Gasteiger partial charge is 0.356 e. The summed E-state index contributed by atoms with van der Waals surface area (Å²) in [5.74, 6) is 0.0776. The second-order valence-corrected chi connectivity index (χ2v) is 4.16. The van der Waals surface area contributed by atoms with Gasteiger partial charge in [0.15, 0.2) is 5.78 Å². The fourth-order valence-corrected chi connectivity index (χ4v) is 1.68. The van der Waals surface area contributed by atoms with Gasteiger partial charge in [0.2, 0.25) is 0 Å². The predicted octanol–water partition coefficient (Wildman–Crippen LogP) is 3.09. The fourth-order valence-electron chi connectivity index (χ4n) is 1.68. The van der Waals surface area contributed by atoms with E-state index >= 15 is 0 Å². The van der Waals surface area contributed by atoms with E-state index < -0.39 is 0 Å². The van der Waals surface area contributed by atoms with E-state index in [1.807, 2.05) is 48.5 Å². The van der Waals surface area contributed by atoms with Crippen LogP contribution < -0.4 is 11.1 Å². The zero-order valence-corrected chi connectivity index (χ0v) is 10.3. The Kier molecular flexibility index (Phi) is 3.75. The maximum Gasteiger partial charge on any atom is 0.159 e. The lowest BCUT2D eigenvalue weighted by molar-refractivity contribution is 0.101. The van der Waals surface area contributed by atoms with Gasteiger partial charge >= 0.3 is 0 Å². The molecular weight excluding hydrogens is 224 g/mol. The average Bonchev–Trinajstić information content (AvgIpc) is 2.40. The molecule has 0 unspecified atom stereocenters. The molecular formula is C15H16N2O. The molecule has 0 bridgehead atoms. The zero-order valence-electron chi connectivity index (χ0n) is 10.3. The SMILES string of the molecule is CC(=O)c1ccc(Nc2ccc(CN)cc2)cc1. The van der Waals surface area contributed by atoms with Crippen molar-refractivity contribution in [1.29, 1.82) is 0 Å². The Balaban J connectivity index is 2.10. The number of nitrogens with two attached hydrogens (primary N) is 1. The first-order valence-electron chi connectivity index (χ1n) is 5.86. The van der Waals surface area contributed by atoms with Crippen molar-refractivity contribution in [2.45, 2.75) is 13.5 Å². The summed E-state index contributed by atoms with van der Waals surface area (Å²) in [6.45, 7) is 2.11. The maximum atomic E-state index is 11.2. The summed E-state index contributed by atoms with van der Waals surface area (Å²) in [7, 11) is 0. The molecule has 0 amide bonds. The minimum Gasteiger partial charge on any atom is -0.356 e. The van der Waals surface area contributed by atoms with Gasteiger partial charge in [-0.25, -0.2) is 0 Å². The summed E-state index contributed by atoms with van der Waals surface area (Å²) in [5.41, 5.74) is 9.33. The van der Waals surface area contributed by atoms with Crippen LogP contribution in [0.4, 0.5) is 11.4 Å². The van der Waals surface area contributed by atoms with Crippen LogP contribution in [-0.2, 0) is 6.54 Å². The topological polar surface area (TPSA) is 55.1 Å². The number of Topliss-reactive ketones (excluding diaryl/α,β-unsaturated/α-hetero) is 1. The van der Waals surface area contributed by atoms with Gasteiger partial charge in [0, 0.05) is 23.5 Å². The molecule has 2 aromatic carbocycles. The number of anilines is 2. The molecule has 0 aliphatic heterocycles. The lowest BCUT2D eigenvalue weighted by Crippen LogP contribution is -1.97. The summed E-state index contributed by atoms with van der Waals surface area (Å²) in [5, 5.41) is 3.27. The Hall–Kier alpha value is -2.13. The molecule has 0 aromatic heterocycles. The molecule has 0 radical (unpaired) electrons. The van der Waals surface area contributed by atoms with E-state index in [4.69, 9.17) is 5.73 Å². The van der Waals surface area contributed by atoms with E-state index in [1.165, 1.54) is 0 Å². The summed E-state index contributed by atoms with van der Waals surface area (Å²) in [6, 6.07) is 15.4. The Bertz CT molecular complexity index is 529. The monoisotopic (exact) mass is 240 g/mol. The molecule has 0 spiro atoms. The van der Waals surface area contributed by atoms with Crippen molar-refractivity contribution in [3.63, 3.8) is 0 Å². The van der Waals surface area contributed by atoms with Gasteiger partial charge < -0.3 is 11.1 Å². The number of hydrogen-bond acceptors (Lipinski definition) is 3. The van der Waals surface area contributed by atoms with Gasteiger partial charge in [-0.3, -0.25) is 4.79 Å². The maximum absolute atomic E-state index is 11.2. The van der Waals surface area contributed by atoms with E-state index in [0.29, 0.717) is 6.54 Å². The van der Waals surface area contributed by atoms with Crippen molar-refractivity contribution in [1.82, 2.24) is 0 Å². The molecule has 2 aromatic rings. The third-order valence-electron chi connectivity index (χ3n) is 2.77. The molecule has 92 valence electrons. The van der Waals surface area contributed by atoms with E-state index in [9.17, 15) is 4.79 Å². The van der Waals surface area contributed by atoms with Crippen molar-refractivity contribution in [2.75, 3.05) is 5.32 Å². The number of hydrogen-bond donors (Lipinski definition) is 2. The first-order chi connectivity index (χ1) is 8.69. The van der Waals surface area contributed by atoms with Crippen molar-refractivity contribution < 1.29 is 4.79 Å². The quantitative estimate of drug-likeness (QED) is 0.807.